The highest BCUT2D eigenvalue weighted by Gasteiger charge is 2.39. The molecule has 7 heteroatoms. The monoisotopic (exact) mass is 428 g/mol. The van der Waals surface area contributed by atoms with Crippen LogP contribution in [-0.2, 0) is 14.3 Å². The number of carbonyl (C=O) groups is 2. The maximum absolute atomic E-state index is 13.2. The summed E-state index contributed by atoms with van der Waals surface area (Å²) in [5.41, 5.74) is 2.78. The molecule has 1 aliphatic rings. The maximum Gasteiger partial charge on any atom is 0.278 e. The highest BCUT2D eigenvalue weighted by Crippen LogP contribution is 2.34. The van der Waals surface area contributed by atoms with Gasteiger partial charge in [-0.15, -0.1) is 0 Å². The first-order chi connectivity index (χ1) is 14.5. The van der Waals surface area contributed by atoms with Gasteiger partial charge >= 0.3 is 0 Å². The lowest BCUT2D eigenvalue weighted by molar-refractivity contribution is -0.137. The standard InChI is InChI=1S/C23H25ClN2O4/c1-4-30-13-5-12-26-22(27)20(16-7-9-17(24)10-8-16)21(23(26)28)25-18-14-15(2)6-11-19(18)29-3/h6-11,14,25H,4-5,12-13H2,1-3H3. The molecule has 0 bridgehead atoms. The average Bonchev–Trinajstić information content (AvgIpc) is 2.96. The molecule has 3 rings (SSSR count). The Morgan fingerprint density at radius 1 is 1.07 bits per heavy atom. The van der Waals surface area contributed by atoms with Gasteiger partial charge in [0.2, 0.25) is 0 Å². The fourth-order valence-electron chi connectivity index (χ4n) is 3.30. The quantitative estimate of drug-likeness (QED) is 0.477. The molecule has 1 N–H and O–H groups in total. The molecule has 30 heavy (non-hydrogen) atoms. The minimum absolute atomic E-state index is 0.225. The number of nitrogens with zero attached hydrogens (tertiary/aromatic N) is 1. The normalized spacial score (nSPS) is 13.9. The van der Waals surface area contributed by atoms with Crippen molar-refractivity contribution in [2.45, 2.75) is 20.3 Å². The van der Waals surface area contributed by atoms with Crippen molar-refractivity contribution in [3.8, 4) is 5.75 Å². The number of ether oxygens (including phenoxy) is 2. The minimum atomic E-state index is -0.370. The SMILES string of the molecule is CCOCCCN1C(=O)C(Nc2cc(C)ccc2OC)=C(c2ccc(Cl)cc2)C1=O. The Morgan fingerprint density at radius 3 is 2.47 bits per heavy atom. The lowest BCUT2D eigenvalue weighted by Crippen LogP contribution is -2.34. The summed E-state index contributed by atoms with van der Waals surface area (Å²) in [5, 5.41) is 3.71. The molecule has 6 nitrogen and oxygen atoms in total. The largest absolute Gasteiger partial charge is 0.495 e. The second-order valence-corrected chi connectivity index (χ2v) is 7.33. The van der Waals surface area contributed by atoms with E-state index in [1.54, 1.807) is 31.4 Å². The number of carbonyl (C=O) groups excluding carboxylic acids is 2. The zero-order valence-electron chi connectivity index (χ0n) is 17.3. The third-order valence-electron chi connectivity index (χ3n) is 4.79. The molecule has 0 atom stereocenters. The predicted octanol–water partition coefficient (Wildman–Crippen LogP) is 4.28. The lowest BCUT2D eigenvalue weighted by Gasteiger charge is -2.16. The molecular formula is C23H25ClN2O4. The Bertz CT molecular complexity index is 970. The Kier molecular flexibility index (Phi) is 7.13. The van der Waals surface area contributed by atoms with Crippen molar-refractivity contribution in [1.29, 1.82) is 0 Å². The molecule has 0 aromatic heterocycles. The van der Waals surface area contributed by atoms with E-state index in [-0.39, 0.29) is 24.1 Å². The van der Waals surface area contributed by atoms with Gasteiger partial charge in [0.05, 0.1) is 18.4 Å². The number of halogens is 1. The molecule has 0 saturated carbocycles. The number of hydrogen-bond donors (Lipinski definition) is 1. The summed E-state index contributed by atoms with van der Waals surface area (Å²) in [6.07, 6.45) is 0.570. The zero-order valence-corrected chi connectivity index (χ0v) is 18.1. The smallest absolute Gasteiger partial charge is 0.278 e. The number of imide groups is 1. The molecule has 158 valence electrons. The van der Waals surface area contributed by atoms with Crippen LogP contribution in [0, 0.1) is 6.92 Å². The Labute approximate surface area is 181 Å². The number of anilines is 1. The van der Waals surface area contributed by atoms with Gasteiger partial charge in [0.15, 0.2) is 0 Å². The van der Waals surface area contributed by atoms with E-state index in [0.29, 0.717) is 47.2 Å². The van der Waals surface area contributed by atoms with E-state index in [4.69, 9.17) is 21.1 Å². The second-order valence-electron chi connectivity index (χ2n) is 6.90. The van der Waals surface area contributed by atoms with Crippen molar-refractivity contribution in [2.24, 2.45) is 0 Å². The molecule has 2 amide bonds. The van der Waals surface area contributed by atoms with E-state index >= 15 is 0 Å². The summed E-state index contributed by atoms with van der Waals surface area (Å²) in [6, 6.07) is 12.5. The van der Waals surface area contributed by atoms with E-state index in [1.165, 1.54) is 4.90 Å². The minimum Gasteiger partial charge on any atom is -0.495 e. The van der Waals surface area contributed by atoms with Crippen molar-refractivity contribution < 1.29 is 19.1 Å². The van der Waals surface area contributed by atoms with Gasteiger partial charge in [-0.1, -0.05) is 29.8 Å². The van der Waals surface area contributed by atoms with Gasteiger partial charge in [-0.05, 0) is 55.7 Å². The van der Waals surface area contributed by atoms with E-state index in [9.17, 15) is 9.59 Å². The summed E-state index contributed by atoms with van der Waals surface area (Å²) in [7, 11) is 1.56. The molecule has 0 fully saturated rings. The van der Waals surface area contributed by atoms with Crippen LogP contribution in [0.1, 0.15) is 24.5 Å². The van der Waals surface area contributed by atoms with Crippen molar-refractivity contribution >= 4 is 34.7 Å². The Morgan fingerprint density at radius 2 is 1.80 bits per heavy atom. The maximum atomic E-state index is 13.2. The first-order valence-electron chi connectivity index (χ1n) is 9.82. The van der Waals surface area contributed by atoms with Crippen LogP contribution < -0.4 is 10.1 Å². The molecule has 0 spiro atoms. The van der Waals surface area contributed by atoms with E-state index in [2.05, 4.69) is 5.32 Å². The highest BCUT2D eigenvalue weighted by molar-refractivity contribution is 6.37. The van der Waals surface area contributed by atoms with Gasteiger partial charge in [0.25, 0.3) is 11.8 Å². The summed E-state index contributed by atoms with van der Waals surface area (Å²) in [6.45, 7) is 5.21. The van der Waals surface area contributed by atoms with E-state index < -0.39 is 0 Å². The van der Waals surface area contributed by atoms with Crippen molar-refractivity contribution in [3.05, 3.63) is 64.3 Å². The number of aryl methyl sites for hydroxylation is 1. The molecule has 0 saturated heterocycles. The van der Waals surface area contributed by atoms with Gasteiger partial charge in [0.1, 0.15) is 11.4 Å². The zero-order chi connectivity index (χ0) is 21.7. The van der Waals surface area contributed by atoms with E-state index in [0.717, 1.165) is 5.56 Å². The van der Waals surface area contributed by atoms with Gasteiger partial charge in [-0.25, -0.2) is 0 Å². The topological polar surface area (TPSA) is 67.9 Å². The summed E-state index contributed by atoms with van der Waals surface area (Å²) < 4.78 is 10.8. The summed E-state index contributed by atoms with van der Waals surface area (Å²) in [5.74, 6) is -0.128. The van der Waals surface area contributed by atoms with Gasteiger partial charge in [-0.2, -0.15) is 0 Å². The molecule has 0 radical (unpaired) electrons. The van der Waals surface area contributed by atoms with Gasteiger partial charge < -0.3 is 14.8 Å². The molecule has 1 aliphatic heterocycles. The summed E-state index contributed by atoms with van der Waals surface area (Å²) >= 11 is 6.01. The summed E-state index contributed by atoms with van der Waals surface area (Å²) in [4.78, 5) is 27.6. The third-order valence-corrected chi connectivity index (χ3v) is 5.04. The molecule has 2 aromatic carbocycles. The second kappa shape index (κ2) is 9.78. The lowest BCUT2D eigenvalue weighted by atomic mass is 10.0. The molecule has 0 aliphatic carbocycles. The Balaban J connectivity index is 1.99. The molecule has 1 heterocycles. The van der Waals surface area contributed by atoms with Crippen LogP contribution >= 0.6 is 11.6 Å². The number of methoxy groups -OCH3 is 1. The van der Waals surface area contributed by atoms with Gasteiger partial charge in [-0.3, -0.25) is 14.5 Å². The molecule has 0 unspecified atom stereocenters. The number of nitrogens with one attached hydrogen (secondary N) is 1. The number of benzene rings is 2. The molecular weight excluding hydrogens is 404 g/mol. The predicted molar refractivity (Wildman–Crippen MR) is 118 cm³/mol. The van der Waals surface area contributed by atoms with Crippen LogP contribution in [0.25, 0.3) is 5.57 Å². The first-order valence-corrected chi connectivity index (χ1v) is 10.2. The van der Waals surface area contributed by atoms with Crippen LogP contribution in [-0.4, -0.2) is 43.6 Å². The number of rotatable bonds is 9. The first kappa shape index (κ1) is 21.9. The van der Waals surface area contributed by atoms with Crippen molar-refractivity contribution in [2.75, 3.05) is 32.2 Å². The average molecular weight is 429 g/mol. The van der Waals surface area contributed by atoms with Crippen LogP contribution in [0.2, 0.25) is 5.02 Å². The van der Waals surface area contributed by atoms with Crippen LogP contribution in [0.15, 0.2) is 48.2 Å². The van der Waals surface area contributed by atoms with Crippen molar-refractivity contribution in [1.82, 2.24) is 4.90 Å². The van der Waals surface area contributed by atoms with Gasteiger partial charge in [0, 0.05) is 24.8 Å². The Hall–Kier alpha value is -2.83. The van der Waals surface area contributed by atoms with Crippen LogP contribution in [0.4, 0.5) is 5.69 Å². The number of hydrogen-bond acceptors (Lipinski definition) is 5. The highest BCUT2D eigenvalue weighted by atomic mass is 35.5. The fourth-order valence-corrected chi connectivity index (χ4v) is 3.43. The van der Waals surface area contributed by atoms with Crippen molar-refractivity contribution in [3.63, 3.8) is 0 Å². The van der Waals surface area contributed by atoms with E-state index in [1.807, 2.05) is 32.0 Å². The van der Waals surface area contributed by atoms with Crippen LogP contribution in [0.3, 0.4) is 0 Å². The van der Waals surface area contributed by atoms with Crippen LogP contribution in [0.5, 0.6) is 5.75 Å². The fraction of sp³-hybridized carbons (Fsp3) is 0.304. The third kappa shape index (κ3) is 4.66. The number of amides is 2. The molecule has 2 aromatic rings.